The first-order chi connectivity index (χ1) is 14.7. The lowest BCUT2D eigenvalue weighted by Crippen LogP contribution is -2.14. The second kappa shape index (κ2) is 9.57. The number of amides is 1. The summed E-state index contributed by atoms with van der Waals surface area (Å²) in [5, 5.41) is 2.99. The molecule has 0 atom stereocenters. The second-order valence-electron chi connectivity index (χ2n) is 7.92. The van der Waals surface area contributed by atoms with E-state index in [2.05, 4.69) is 15.3 Å². The molecule has 1 N–H and O–H groups in total. The summed E-state index contributed by atoms with van der Waals surface area (Å²) in [4.78, 5) is 21.1. The van der Waals surface area contributed by atoms with Crippen molar-refractivity contribution < 1.29 is 9.53 Å². The Morgan fingerprint density at radius 2 is 1.83 bits per heavy atom. The topological polar surface area (TPSA) is 69.0 Å². The molecule has 0 spiro atoms. The summed E-state index contributed by atoms with van der Waals surface area (Å²) in [7, 11) is 0. The number of rotatable bonds is 7. The molecule has 1 aromatic carbocycles. The van der Waals surface area contributed by atoms with Crippen LogP contribution in [0.3, 0.4) is 0 Å². The Hall–Kier alpha value is -3.15. The SMILES string of the molecule is Cc1nc(Oc2ccc(NC(=O)CCC3CCCCC3)cc2)cc(-n2cccc2)n1. The van der Waals surface area contributed by atoms with Crippen LogP contribution in [-0.4, -0.2) is 20.4 Å². The smallest absolute Gasteiger partial charge is 0.224 e. The second-order valence-corrected chi connectivity index (χ2v) is 7.92. The molecule has 2 heterocycles. The van der Waals surface area contributed by atoms with E-state index in [9.17, 15) is 4.79 Å². The molecular weight excluding hydrogens is 376 g/mol. The van der Waals surface area contributed by atoms with Crippen LogP contribution in [0.15, 0.2) is 54.9 Å². The van der Waals surface area contributed by atoms with Gasteiger partial charge >= 0.3 is 0 Å². The van der Waals surface area contributed by atoms with Crippen LogP contribution in [0.25, 0.3) is 5.82 Å². The maximum absolute atomic E-state index is 12.3. The number of anilines is 1. The largest absolute Gasteiger partial charge is 0.439 e. The summed E-state index contributed by atoms with van der Waals surface area (Å²) >= 11 is 0. The first-order valence-electron chi connectivity index (χ1n) is 10.7. The van der Waals surface area contributed by atoms with E-state index in [1.165, 1.54) is 32.1 Å². The highest BCUT2D eigenvalue weighted by molar-refractivity contribution is 5.90. The van der Waals surface area contributed by atoms with Crippen LogP contribution in [0.5, 0.6) is 11.6 Å². The number of aromatic nitrogens is 3. The molecule has 1 fully saturated rings. The molecule has 6 nitrogen and oxygen atoms in total. The van der Waals surface area contributed by atoms with Gasteiger partial charge in [-0.05, 0) is 55.7 Å². The predicted octanol–water partition coefficient (Wildman–Crippen LogP) is 5.67. The lowest BCUT2D eigenvalue weighted by molar-refractivity contribution is -0.116. The minimum atomic E-state index is 0.0806. The Kier molecular flexibility index (Phi) is 6.42. The highest BCUT2D eigenvalue weighted by Gasteiger charge is 2.15. The summed E-state index contributed by atoms with van der Waals surface area (Å²) in [6, 6.07) is 13.1. The fourth-order valence-electron chi connectivity index (χ4n) is 3.96. The maximum atomic E-state index is 12.3. The van der Waals surface area contributed by atoms with Crippen molar-refractivity contribution in [1.29, 1.82) is 0 Å². The molecule has 0 radical (unpaired) electrons. The number of hydrogen-bond acceptors (Lipinski definition) is 4. The van der Waals surface area contributed by atoms with E-state index in [0.717, 1.165) is 17.9 Å². The Morgan fingerprint density at radius 3 is 2.57 bits per heavy atom. The number of carbonyl (C=O) groups is 1. The Balaban J connectivity index is 1.33. The molecule has 1 saturated carbocycles. The lowest BCUT2D eigenvalue weighted by atomic mass is 9.86. The average molecular weight is 405 g/mol. The third-order valence-corrected chi connectivity index (χ3v) is 5.53. The Morgan fingerprint density at radius 1 is 1.10 bits per heavy atom. The van der Waals surface area contributed by atoms with Crippen molar-refractivity contribution in [1.82, 2.24) is 14.5 Å². The molecule has 0 aliphatic heterocycles. The molecule has 156 valence electrons. The molecule has 4 rings (SSSR count). The molecule has 30 heavy (non-hydrogen) atoms. The van der Waals surface area contributed by atoms with Crippen molar-refractivity contribution in [3.05, 3.63) is 60.7 Å². The zero-order chi connectivity index (χ0) is 20.8. The van der Waals surface area contributed by atoms with E-state index in [0.29, 0.717) is 29.8 Å². The summed E-state index contributed by atoms with van der Waals surface area (Å²) in [5.41, 5.74) is 0.780. The maximum Gasteiger partial charge on any atom is 0.224 e. The van der Waals surface area contributed by atoms with Crippen LogP contribution >= 0.6 is 0 Å². The van der Waals surface area contributed by atoms with E-state index < -0.39 is 0 Å². The van der Waals surface area contributed by atoms with Gasteiger partial charge in [0.15, 0.2) is 0 Å². The third-order valence-electron chi connectivity index (χ3n) is 5.53. The third kappa shape index (κ3) is 5.47. The predicted molar refractivity (Wildman–Crippen MR) is 117 cm³/mol. The van der Waals surface area contributed by atoms with Crippen LogP contribution in [0.2, 0.25) is 0 Å². The van der Waals surface area contributed by atoms with Crippen LogP contribution in [0, 0.1) is 12.8 Å². The number of ether oxygens (including phenoxy) is 1. The molecule has 2 aromatic heterocycles. The van der Waals surface area contributed by atoms with Gasteiger partial charge in [-0.25, -0.2) is 4.98 Å². The van der Waals surface area contributed by atoms with Gasteiger partial charge in [-0.3, -0.25) is 4.79 Å². The molecular formula is C24H28N4O2. The van der Waals surface area contributed by atoms with Gasteiger partial charge in [0, 0.05) is 30.6 Å². The fourth-order valence-corrected chi connectivity index (χ4v) is 3.96. The fraction of sp³-hybridized carbons (Fsp3) is 0.375. The van der Waals surface area contributed by atoms with Crippen LogP contribution < -0.4 is 10.1 Å². The van der Waals surface area contributed by atoms with E-state index in [1.807, 2.05) is 60.3 Å². The highest BCUT2D eigenvalue weighted by atomic mass is 16.5. The minimum absolute atomic E-state index is 0.0806. The first kappa shape index (κ1) is 20.1. The molecule has 0 saturated heterocycles. The van der Waals surface area contributed by atoms with Gasteiger partial charge in [0.05, 0.1) is 0 Å². The molecule has 1 aliphatic rings. The van der Waals surface area contributed by atoms with Gasteiger partial charge in [-0.15, -0.1) is 0 Å². The monoisotopic (exact) mass is 404 g/mol. The van der Waals surface area contributed by atoms with Crippen LogP contribution in [0.1, 0.15) is 50.8 Å². The van der Waals surface area contributed by atoms with Crippen LogP contribution in [0.4, 0.5) is 5.69 Å². The van der Waals surface area contributed by atoms with Gasteiger partial charge in [0.2, 0.25) is 11.8 Å². The molecule has 0 unspecified atom stereocenters. The Bertz CT molecular complexity index is 961. The van der Waals surface area contributed by atoms with Crippen molar-refractivity contribution >= 4 is 11.6 Å². The molecule has 6 heteroatoms. The number of carbonyl (C=O) groups excluding carboxylic acids is 1. The highest BCUT2D eigenvalue weighted by Crippen LogP contribution is 2.28. The van der Waals surface area contributed by atoms with Crippen molar-refractivity contribution in [3.63, 3.8) is 0 Å². The van der Waals surface area contributed by atoms with E-state index in [-0.39, 0.29) is 5.91 Å². The quantitative estimate of drug-likeness (QED) is 0.551. The lowest BCUT2D eigenvalue weighted by Gasteiger charge is -2.21. The first-order valence-corrected chi connectivity index (χ1v) is 10.7. The number of hydrogen-bond donors (Lipinski definition) is 1. The van der Waals surface area contributed by atoms with Gasteiger partial charge in [0.25, 0.3) is 0 Å². The van der Waals surface area contributed by atoms with Gasteiger partial charge < -0.3 is 14.6 Å². The number of aryl methyl sites for hydroxylation is 1. The zero-order valence-corrected chi connectivity index (χ0v) is 17.4. The summed E-state index contributed by atoms with van der Waals surface area (Å²) in [6.45, 7) is 1.84. The van der Waals surface area contributed by atoms with Crippen molar-refractivity contribution in [3.8, 4) is 17.4 Å². The van der Waals surface area contributed by atoms with Gasteiger partial charge in [0.1, 0.15) is 17.4 Å². The van der Waals surface area contributed by atoms with E-state index in [1.54, 1.807) is 6.07 Å². The van der Waals surface area contributed by atoms with Crippen molar-refractivity contribution in [2.75, 3.05) is 5.32 Å². The van der Waals surface area contributed by atoms with Gasteiger partial charge in [-0.2, -0.15) is 4.98 Å². The normalized spacial score (nSPS) is 14.4. The van der Waals surface area contributed by atoms with E-state index >= 15 is 0 Å². The summed E-state index contributed by atoms with van der Waals surface area (Å²) in [5.74, 6) is 3.33. The van der Waals surface area contributed by atoms with Crippen molar-refractivity contribution in [2.24, 2.45) is 5.92 Å². The number of benzene rings is 1. The molecule has 0 bridgehead atoms. The minimum Gasteiger partial charge on any atom is -0.439 e. The summed E-state index contributed by atoms with van der Waals surface area (Å²) in [6.07, 6.45) is 11.9. The van der Waals surface area contributed by atoms with Gasteiger partial charge in [-0.1, -0.05) is 32.1 Å². The molecule has 1 aliphatic carbocycles. The van der Waals surface area contributed by atoms with Crippen molar-refractivity contribution in [2.45, 2.75) is 51.9 Å². The van der Waals surface area contributed by atoms with E-state index in [4.69, 9.17) is 4.74 Å². The molecule has 3 aromatic rings. The van der Waals surface area contributed by atoms with Crippen LogP contribution in [-0.2, 0) is 4.79 Å². The molecule has 1 amide bonds. The standard InChI is InChI=1S/C24H28N4O2/c1-18-25-22(28-15-5-6-16-28)17-24(26-18)30-21-12-10-20(11-13-21)27-23(29)14-9-19-7-3-2-4-8-19/h5-6,10-13,15-17,19H,2-4,7-9,14H2,1H3,(H,27,29). The zero-order valence-electron chi connectivity index (χ0n) is 17.4. The summed E-state index contributed by atoms with van der Waals surface area (Å²) < 4.78 is 7.82. The number of nitrogens with one attached hydrogen (secondary N) is 1. The number of nitrogens with zero attached hydrogens (tertiary/aromatic N) is 3. The average Bonchev–Trinajstić information content (AvgIpc) is 3.29. The Labute approximate surface area is 177 Å².